The van der Waals surface area contributed by atoms with Crippen LogP contribution in [0.1, 0.15) is 74.5 Å². The second-order valence-electron chi connectivity index (χ2n) is 12.1. The average molecular weight is 634 g/mol. The maximum Gasteiger partial charge on any atom is 0.407 e. The summed E-state index contributed by atoms with van der Waals surface area (Å²) >= 11 is 0. The van der Waals surface area contributed by atoms with Crippen molar-refractivity contribution in [2.75, 3.05) is 19.8 Å². The lowest BCUT2D eigenvalue weighted by Crippen LogP contribution is -2.48. The molecule has 10 heteroatoms. The van der Waals surface area contributed by atoms with Crippen molar-refractivity contribution in [3.05, 3.63) is 83.4 Å². The van der Waals surface area contributed by atoms with Crippen LogP contribution in [0.2, 0.25) is 0 Å². The molecule has 3 N–H and O–H groups in total. The molecule has 0 saturated heterocycles. The minimum atomic E-state index is -0.609. The molecule has 0 radical (unpaired) electrons. The summed E-state index contributed by atoms with van der Waals surface area (Å²) in [6.07, 6.45) is 8.94. The summed E-state index contributed by atoms with van der Waals surface area (Å²) in [7, 11) is 0. The van der Waals surface area contributed by atoms with E-state index >= 15 is 0 Å². The molecule has 0 fully saturated rings. The molecule has 2 aromatic rings. The molecule has 46 heavy (non-hydrogen) atoms. The Morgan fingerprint density at radius 2 is 1.78 bits per heavy atom. The Morgan fingerprint density at radius 3 is 2.59 bits per heavy atom. The zero-order valence-corrected chi connectivity index (χ0v) is 26.5. The Kier molecular flexibility index (Phi) is 14.1. The first-order valence-corrected chi connectivity index (χ1v) is 16.5. The number of benzene rings is 2. The van der Waals surface area contributed by atoms with Gasteiger partial charge in [0, 0.05) is 25.9 Å². The molecular weight excluding hydrogens is 586 g/mol. The van der Waals surface area contributed by atoms with Gasteiger partial charge in [0.1, 0.15) is 13.2 Å². The minimum absolute atomic E-state index is 0.0103. The monoisotopic (exact) mass is 633 g/mol. The topological polar surface area (TPSA) is 134 Å². The van der Waals surface area contributed by atoms with Crippen molar-refractivity contribution in [2.45, 2.75) is 89.4 Å². The number of carbonyl (C=O) groups is 4. The summed E-state index contributed by atoms with van der Waals surface area (Å²) in [5, 5.41) is 15.9. The van der Waals surface area contributed by atoms with E-state index in [1.54, 1.807) is 4.90 Å². The fourth-order valence-electron chi connectivity index (χ4n) is 5.83. The number of rotatable bonds is 10. The maximum atomic E-state index is 13.6. The van der Waals surface area contributed by atoms with Crippen LogP contribution in [0.4, 0.5) is 4.79 Å². The second kappa shape index (κ2) is 18.7. The van der Waals surface area contributed by atoms with Gasteiger partial charge in [0.15, 0.2) is 0 Å². The van der Waals surface area contributed by atoms with Crippen LogP contribution >= 0.6 is 0 Å². The number of allylic oxidation sites excluding steroid dienone is 2. The molecule has 0 unspecified atom stereocenters. The van der Waals surface area contributed by atoms with Crippen molar-refractivity contribution in [1.82, 2.24) is 15.5 Å². The molecule has 0 saturated carbocycles. The van der Waals surface area contributed by atoms with E-state index in [9.17, 15) is 24.3 Å². The van der Waals surface area contributed by atoms with Gasteiger partial charge in [-0.05, 0) is 68.1 Å². The quantitative estimate of drug-likeness (QED) is 0.198. The summed E-state index contributed by atoms with van der Waals surface area (Å²) in [5.74, 6) is -1.34. The lowest BCUT2D eigenvalue weighted by atomic mass is 9.92. The van der Waals surface area contributed by atoms with Crippen LogP contribution in [0.25, 0.3) is 0 Å². The molecule has 0 bridgehead atoms. The maximum absolute atomic E-state index is 13.6. The molecule has 0 aliphatic carbocycles. The number of nitrogens with one attached hydrogen (secondary N) is 2. The fraction of sp³-hybridized carbons (Fsp3) is 0.500. The molecule has 3 amide bonds. The van der Waals surface area contributed by atoms with E-state index in [4.69, 9.17) is 9.47 Å². The van der Waals surface area contributed by atoms with Crippen LogP contribution in [-0.4, -0.2) is 65.7 Å². The number of hydrogen-bond acceptors (Lipinski definition) is 7. The predicted octanol–water partition coefficient (Wildman–Crippen LogP) is 4.58. The number of aliphatic hydroxyl groups excluding tert-OH is 1. The van der Waals surface area contributed by atoms with Crippen molar-refractivity contribution in [2.24, 2.45) is 5.92 Å². The molecule has 0 aromatic heterocycles. The molecule has 10 nitrogen and oxygen atoms in total. The van der Waals surface area contributed by atoms with Crippen LogP contribution in [0.5, 0.6) is 0 Å². The van der Waals surface area contributed by atoms with E-state index < -0.39 is 18.1 Å². The second-order valence-corrected chi connectivity index (χ2v) is 12.1. The smallest absolute Gasteiger partial charge is 0.407 e. The average Bonchev–Trinajstić information content (AvgIpc) is 3.07. The SMILES string of the molecule is O=C1CCCCC=CC[C@H](CC(=O)N2Cc3ccccc3C[C@H]2CO)C(=O)N[C@@H](CCCCNC(=O)OCc2ccccc2)CO1. The Bertz CT molecular complexity index is 1320. The van der Waals surface area contributed by atoms with Gasteiger partial charge in [-0.2, -0.15) is 0 Å². The Hall–Kier alpha value is -4.18. The molecule has 2 aliphatic rings. The van der Waals surface area contributed by atoms with E-state index in [0.29, 0.717) is 58.0 Å². The van der Waals surface area contributed by atoms with Crippen LogP contribution in [0.15, 0.2) is 66.7 Å². The van der Waals surface area contributed by atoms with Gasteiger partial charge >= 0.3 is 12.1 Å². The van der Waals surface area contributed by atoms with Gasteiger partial charge in [-0.1, -0.05) is 66.7 Å². The third kappa shape index (κ3) is 11.3. The number of carbonyl (C=O) groups excluding carboxylic acids is 4. The van der Waals surface area contributed by atoms with E-state index in [0.717, 1.165) is 29.5 Å². The largest absolute Gasteiger partial charge is 0.463 e. The van der Waals surface area contributed by atoms with Crippen molar-refractivity contribution < 1.29 is 33.8 Å². The highest BCUT2D eigenvalue weighted by molar-refractivity contribution is 5.86. The molecule has 2 heterocycles. The third-order valence-corrected chi connectivity index (χ3v) is 8.52. The number of amides is 3. The Balaban J connectivity index is 1.32. The van der Waals surface area contributed by atoms with Gasteiger partial charge in [0.2, 0.25) is 11.8 Å². The number of unbranched alkanes of at least 4 members (excludes halogenated alkanes) is 1. The summed E-state index contributed by atoms with van der Waals surface area (Å²) in [4.78, 5) is 53.4. The molecule has 2 aromatic carbocycles. The lowest BCUT2D eigenvalue weighted by Gasteiger charge is -2.36. The lowest BCUT2D eigenvalue weighted by molar-refractivity contribution is -0.145. The van der Waals surface area contributed by atoms with Gasteiger partial charge in [-0.15, -0.1) is 0 Å². The van der Waals surface area contributed by atoms with Crippen molar-refractivity contribution in [3.63, 3.8) is 0 Å². The van der Waals surface area contributed by atoms with Crippen molar-refractivity contribution in [1.29, 1.82) is 0 Å². The number of hydrogen-bond donors (Lipinski definition) is 3. The van der Waals surface area contributed by atoms with Crippen LogP contribution in [0, 0.1) is 5.92 Å². The molecule has 4 rings (SSSR count). The number of fused-ring (bicyclic) bond motifs is 1. The number of esters is 1. The normalized spacial score (nSPS) is 20.9. The van der Waals surface area contributed by atoms with Crippen molar-refractivity contribution >= 4 is 23.9 Å². The molecule has 2 aliphatic heterocycles. The zero-order valence-electron chi connectivity index (χ0n) is 26.5. The van der Waals surface area contributed by atoms with Gasteiger partial charge < -0.3 is 30.1 Å². The van der Waals surface area contributed by atoms with E-state index in [2.05, 4.69) is 10.6 Å². The van der Waals surface area contributed by atoms with Crippen LogP contribution < -0.4 is 10.6 Å². The summed E-state index contributed by atoms with van der Waals surface area (Å²) in [6.45, 7) is 0.890. The Morgan fingerprint density at radius 1 is 1.00 bits per heavy atom. The van der Waals surface area contributed by atoms with Gasteiger partial charge in [-0.25, -0.2) is 4.79 Å². The van der Waals surface area contributed by atoms with E-state index in [-0.39, 0.29) is 50.1 Å². The number of cyclic esters (lactones) is 1. The molecule has 3 atom stereocenters. The van der Waals surface area contributed by atoms with Gasteiger partial charge in [0.05, 0.1) is 24.6 Å². The predicted molar refractivity (Wildman–Crippen MR) is 173 cm³/mol. The third-order valence-electron chi connectivity index (χ3n) is 8.52. The minimum Gasteiger partial charge on any atom is -0.463 e. The van der Waals surface area contributed by atoms with Crippen LogP contribution in [0.3, 0.4) is 0 Å². The van der Waals surface area contributed by atoms with Gasteiger partial charge in [-0.3, -0.25) is 14.4 Å². The highest BCUT2D eigenvalue weighted by atomic mass is 16.5. The summed E-state index contributed by atoms with van der Waals surface area (Å²) in [6, 6.07) is 16.6. The first-order chi connectivity index (χ1) is 22.4. The fourth-order valence-corrected chi connectivity index (χ4v) is 5.83. The first kappa shape index (κ1) is 34.7. The Labute approximate surface area is 271 Å². The number of aliphatic hydroxyl groups is 1. The molecular formula is C36H47N3O7. The highest BCUT2D eigenvalue weighted by Gasteiger charge is 2.32. The molecule has 248 valence electrons. The van der Waals surface area contributed by atoms with E-state index in [1.807, 2.05) is 66.7 Å². The van der Waals surface area contributed by atoms with Crippen molar-refractivity contribution in [3.8, 4) is 0 Å². The van der Waals surface area contributed by atoms with Gasteiger partial charge in [0.25, 0.3) is 0 Å². The first-order valence-electron chi connectivity index (χ1n) is 16.5. The summed E-state index contributed by atoms with van der Waals surface area (Å²) < 4.78 is 10.8. The standard InChI is InChI=1S/C36H47N3O7/c40-24-32-21-28-15-9-10-17-30(28)23-39(32)33(41)22-29-16-7-2-1-3-8-19-34(42)45-26-31(38-35(29)43)18-11-12-20-37-36(44)46-25-27-13-5-4-6-14-27/h2,4-7,9-10,13-15,17,29,31-32,40H,1,3,8,11-12,16,18-26H2,(H,37,44)(H,38,43)/t29-,31+,32+/m1/s1. The molecule has 0 spiro atoms. The van der Waals surface area contributed by atoms with E-state index in [1.165, 1.54) is 0 Å². The van der Waals surface area contributed by atoms with Crippen LogP contribution in [-0.2, 0) is 43.4 Å². The number of ether oxygens (including phenoxy) is 2. The summed E-state index contributed by atoms with van der Waals surface area (Å²) in [5.41, 5.74) is 3.08. The highest BCUT2D eigenvalue weighted by Crippen LogP contribution is 2.25. The number of nitrogens with zero attached hydrogens (tertiary/aromatic N) is 1. The number of alkyl carbamates (subject to hydrolysis) is 1. The zero-order chi connectivity index (χ0) is 32.6.